The normalized spacial score (nSPS) is 14.4. The number of amides is 1. The predicted octanol–water partition coefficient (Wildman–Crippen LogP) is 2.21. The lowest BCUT2D eigenvalue weighted by molar-refractivity contribution is -0.130. The summed E-state index contributed by atoms with van der Waals surface area (Å²) in [5.74, 6) is 1.71. The molecule has 0 unspecified atom stereocenters. The number of benzene rings is 1. The fourth-order valence-electron chi connectivity index (χ4n) is 2.36. The Balaban J connectivity index is 2.07. The minimum Gasteiger partial charge on any atom is -0.454 e. The summed E-state index contributed by atoms with van der Waals surface area (Å²) in [5.41, 5.74) is 1.16. The number of ether oxygens (including phenoxy) is 2. The Morgan fingerprint density at radius 3 is 2.78 bits per heavy atom. The maximum atomic E-state index is 11.5. The number of carbonyl (C=O) groups is 1. The van der Waals surface area contributed by atoms with Crippen molar-refractivity contribution in [1.29, 1.82) is 0 Å². The molecule has 1 aliphatic rings. The Morgan fingerprint density at radius 2 is 2.11 bits per heavy atom. The van der Waals surface area contributed by atoms with E-state index < -0.39 is 0 Å². The number of fused-ring (bicyclic) bond motifs is 1. The van der Waals surface area contributed by atoms with E-state index in [-0.39, 0.29) is 11.9 Å². The average molecular weight is 249 g/mol. The van der Waals surface area contributed by atoms with E-state index in [4.69, 9.17) is 9.47 Å². The molecule has 0 spiro atoms. The first-order valence-corrected chi connectivity index (χ1v) is 6.27. The molecule has 0 saturated heterocycles. The summed E-state index contributed by atoms with van der Waals surface area (Å²) >= 11 is 0. The molecule has 1 aliphatic heterocycles. The molecule has 4 nitrogen and oxygen atoms in total. The lowest BCUT2D eigenvalue weighted by Crippen LogP contribution is -2.38. The van der Waals surface area contributed by atoms with Gasteiger partial charge < -0.3 is 14.4 Å². The highest BCUT2D eigenvalue weighted by Crippen LogP contribution is 2.32. The predicted molar refractivity (Wildman–Crippen MR) is 68.8 cm³/mol. The van der Waals surface area contributed by atoms with Crippen LogP contribution in [0.3, 0.4) is 0 Å². The second-order valence-electron chi connectivity index (χ2n) is 4.55. The van der Waals surface area contributed by atoms with Gasteiger partial charge in [0.25, 0.3) is 0 Å². The Hall–Kier alpha value is -1.71. The van der Waals surface area contributed by atoms with E-state index in [1.807, 2.05) is 30.0 Å². The van der Waals surface area contributed by atoms with Crippen molar-refractivity contribution in [3.05, 3.63) is 23.8 Å². The van der Waals surface area contributed by atoms with Crippen LogP contribution in [-0.4, -0.2) is 30.2 Å². The first-order chi connectivity index (χ1) is 8.61. The Kier molecular flexibility index (Phi) is 3.75. The second-order valence-corrected chi connectivity index (χ2v) is 4.55. The monoisotopic (exact) mass is 249 g/mol. The van der Waals surface area contributed by atoms with Gasteiger partial charge in [0.2, 0.25) is 12.7 Å². The van der Waals surface area contributed by atoms with Crippen molar-refractivity contribution in [2.75, 3.05) is 13.3 Å². The van der Waals surface area contributed by atoms with Crippen molar-refractivity contribution in [3.63, 3.8) is 0 Å². The zero-order valence-corrected chi connectivity index (χ0v) is 11.1. The summed E-state index contributed by atoms with van der Waals surface area (Å²) < 4.78 is 10.6. The van der Waals surface area contributed by atoms with Gasteiger partial charge in [0.15, 0.2) is 11.5 Å². The molecule has 4 heteroatoms. The molecule has 18 heavy (non-hydrogen) atoms. The number of likely N-dealkylation sites (N-methyl/N-ethyl adjacent to an activating group) is 1. The summed E-state index contributed by atoms with van der Waals surface area (Å²) in [5, 5.41) is 0. The van der Waals surface area contributed by atoms with E-state index in [1.165, 1.54) is 0 Å². The van der Waals surface area contributed by atoms with Crippen molar-refractivity contribution in [3.8, 4) is 11.5 Å². The Labute approximate surface area is 107 Å². The van der Waals surface area contributed by atoms with Gasteiger partial charge in [-0.05, 0) is 38.0 Å². The molecule has 1 heterocycles. The molecular formula is C14H19NO3. The van der Waals surface area contributed by atoms with Gasteiger partial charge in [-0.1, -0.05) is 6.07 Å². The first-order valence-electron chi connectivity index (χ1n) is 6.27. The molecule has 0 N–H and O–H groups in total. The molecule has 0 aromatic heterocycles. The van der Waals surface area contributed by atoms with Crippen LogP contribution in [-0.2, 0) is 11.2 Å². The largest absolute Gasteiger partial charge is 0.454 e. The van der Waals surface area contributed by atoms with Crippen LogP contribution in [0.2, 0.25) is 0 Å². The van der Waals surface area contributed by atoms with E-state index in [9.17, 15) is 4.79 Å². The van der Waals surface area contributed by atoms with Crippen LogP contribution in [0.5, 0.6) is 11.5 Å². The summed E-state index contributed by atoms with van der Waals surface area (Å²) in [6, 6.07) is 6.13. The number of rotatable bonds is 4. The molecule has 0 radical (unpaired) electrons. The highest BCUT2D eigenvalue weighted by atomic mass is 16.7. The summed E-state index contributed by atoms with van der Waals surface area (Å²) in [7, 11) is 0. The first kappa shape index (κ1) is 12.7. The van der Waals surface area contributed by atoms with Gasteiger partial charge in [0.05, 0.1) is 0 Å². The second kappa shape index (κ2) is 5.29. The molecule has 1 aromatic rings. The van der Waals surface area contributed by atoms with Crippen molar-refractivity contribution in [1.82, 2.24) is 4.90 Å². The smallest absolute Gasteiger partial charge is 0.231 e. The Bertz CT molecular complexity index is 445. The van der Waals surface area contributed by atoms with Crippen LogP contribution in [0.15, 0.2) is 18.2 Å². The van der Waals surface area contributed by atoms with Gasteiger partial charge in [-0.15, -0.1) is 0 Å². The molecule has 2 rings (SSSR count). The quantitative estimate of drug-likeness (QED) is 0.821. The van der Waals surface area contributed by atoms with Crippen molar-refractivity contribution in [2.45, 2.75) is 33.2 Å². The molecule has 1 amide bonds. The van der Waals surface area contributed by atoms with Gasteiger partial charge in [-0.25, -0.2) is 0 Å². The van der Waals surface area contributed by atoms with E-state index in [2.05, 4.69) is 6.92 Å². The van der Waals surface area contributed by atoms with Crippen LogP contribution in [0.1, 0.15) is 26.3 Å². The van der Waals surface area contributed by atoms with Gasteiger partial charge >= 0.3 is 0 Å². The summed E-state index contributed by atoms with van der Waals surface area (Å²) in [6.45, 7) is 6.70. The van der Waals surface area contributed by atoms with Crippen LogP contribution in [0.4, 0.5) is 0 Å². The zero-order chi connectivity index (χ0) is 13.1. The molecule has 1 aromatic carbocycles. The number of nitrogens with zero attached hydrogens (tertiary/aromatic N) is 1. The van der Waals surface area contributed by atoms with Gasteiger partial charge in [0, 0.05) is 19.5 Å². The number of hydrogen-bond acceptors (Lipinski definition) is 3. The third-order valence-corrected chi connectivity index (χ3v) is 3.25. The van der Waals surface area contributed by atoms with Crippen LogP contribution in [0, 0.1) is 0 Å². The maximum absolute atomic E-state index is 11.5. The number of carbonyl (C=O) groups excluding carboxylic acids is 1. The fraction of sp³-hybridized carbons (Fsp3) is 0.500. The topological polar surface area (TPSA) is 38.8 Å². The maximum Gasteiger partial charge on any atom is 0.231 e. The third kappa shape index (κ3) is 2.58. The van der Waals surface area contributed by atoms with E-state index >= 15 is 0 Å². The molecule has 0 aliphatic carbocycles. The van der Waals surface area contributed by atoms with Crippen LogP contribution < -0.4 is 9.47 Å². The summed E-state index contributed by atoms with van der Waals surface area (Å²) in [6.07, 6.45) is 0.823. The van der Waals surface area contributed by atoms with Crippen molar-refractivity contribution < 1.29 is 14.3 Å². The lowest BCUT2D eigenvalue weighted by Gasteiger charge is -2.27. The van der Waals surface area contributed by atoms with Crippen molar-refractivity contribution in [2.24, 2.45) is 0 Å². The van der Waals surface area contributed by atoms with Crippen LogP contribution in [0.25, 0.3) is 0 Å². The minimum atomic E-state index is 0.116. The zero-order valence-electron chi connectivity index (χ0n) is 11.1. The van der Waals surface area contributed by atoms with Gasteiger partial charge in [0.1, 0.15) is 0 Å². The number of hydrogen-bond donors (Lipinski definition) is 0. The van der Waals surface area contributed by atoms with Gasteiger partial charge in [-0.2, -0.15) is 0 Å². The van der Waals surface area contributed by atoms with E-state index in [1.54, 1.807) is 6.92 Å². The fourth-order valence-corrected chi connectivity index (χ4v) is 2.36. The van der Waals surface area contributed by atoms with Crippen LogP contribution >= 0.6 is 0 Å². The van der Waals surface area contributed by atoms with Crippen molar-refractivity contribution >= 4 is 5.91 Å². The highest BCUT2D eigenvalue weighted by molar-refractivity contribution is 5.73. The van der Waals surface area contributed by atoms with Gasteiger partial charge in [-0.3, -0.25) is 4.79 Å². The highest BCUT2D eigenvalue weighted by Gasteiger charge is 2.18. The molecule has 0 bridgehead atoms. The standard InChI is InChI=1S/C14H19NO3/c1-4-15(11(3)16)10(2)7-12-5-6-13-14(8-12)18-9-17-13/h5-6,8,10H,4,7,9H2,1-3H3/t10-/m0/s1. The average Bonchev–Trinajstić information content (AvgIpc) is 2.76. The van der Waals surface area contributed by atoms with E-state index in [0.29, 0.717) is 6.79 Å². The molecular weight excluding hydrogens is 230 g/mol. The third-order valence-electron chi connectivity index (χ3n) is 3.25. The lowest BCUT2D eigenvalue weighted by atomic mass is 10.1. The molecule has 1 atom stereocenters. The molecule has 98 valence electrons. The molecule has 0 fully saturated rings. The Morgan fingerprint density at radius 1 is 1.39 bits per heavy atom. The minimum absolute atomic E-state index is 0.116. The SMILES string of the molecule is CCN(C(C)=O)[C@@H](C)Cc1ccc2c(c1)OCO2. The molecule has 0 saturated carbocycles. The van der Waals surface area contributed by atoms with E-state index in [0.717, 1.165) is 30.0 Å². The summed E-state index contributed by atoms with van der Waals surface area (Å²) in [4.78, 5) is 13.3.